The largest absolute Gasteiger partial charge is 0.378 e. The third kappa shape index (κ3) is 3.64. The molecule has 5 rings (SSSR count). The molecule has 3 heterocycles. The van der Waals surface area contributed by atoms with Gasteiger partial charge < -0.3 is 15.0 Å². The molecule has 146 valence electrons. The van der Waals surface area contributed by atoms with Gasteiger partial charge in [-0.3, -0.25) is 4.40 Å². The minimum Gasteiger partial charge on any atom is -0.378 e. The summed E-state index contributed by atoms with van der Waals surface area (Å²) in [6.07, 6.45) is 5.54. The molecule has 1 aliphatic rings. The summed E-state index contributed by atoms with van der Waals surface area (Å²) in [5.74, 6) is 0.708. The molecular formula is C22H20ClN5O. The lowest BCUT2D eigenvalue weighted by molar-refractivity contribution is 0.122. The van der Waals surface area contributed by atoms with Gasteiger partial charge in [-0.25, -0.2) is 9.97 Å². The van der Waals surface area contributed by atoms with Crippen LogP contribution in [0.5, 0.6) is 0 Å². The van der Waals surface area contributed by atoms with Crippen molar-refractivity contribution in [3.63, 3.8) is 0 Å². The molecule has 0 radical (unpaired) electrons. The van der Waals surface area contributed by atoms with Crippen LogP contribution in [0.4, 0.5) is 17.2 Å². The predicted octanol–water partition coefficient (Wildman–Crippen LogP) is 4.63. The number of hydrogen-bond donors (Lipinski definition) is 1. The van der Waals surface area contributed by atoms with E-state index in [1.165, 1.54) is 5.69 Å². The van der Waals surface area contributed by atoms with Crippen LogP contribution in [0.25, 0.3) is 16.9 Å². The zero-order valence-electron chi connectivity index (χ0n) is 15.8. The van der Waals surface area contributed by atoms with E-state index in [1.54, 1.807) is 6.20 Å². The van der Waals surface area contributed by atoms with Gasteiger partial charge in [0.2, 0.25) is 0 Å². The molecular weight excluding hydrogens is 386 g/mol. The molecule has 29 heavy (non-hydrogen) atoms. The number of benzene rings is 2. The van der Waals surface area contributed by atoms with Gasteiger partial charge in [0.05, 0.1) is 25.1 Å². The summed E-state index contributed by atoms with van der Waals surface area (Å²) < 4.78 is 7.44. The Morgan fingerprint density at radius 2 is 1.83 bits per heavy atom. The predicted molar refractivity (Wildman–Crippen MR) is 116 cm³/mol. The fourth-order valence-corrected chi connectivity index (χ4v) is 3.77. The van der Waals surface area contributed by atoms with Crippen molar-refractivity contribution in [2.45, 2.75) is 0 Å². The van der Waals surface area contributed by atoms with Crippen molar-refractivity contribution in [3.05, 3.63) is 72.1 Å². The van der Waals surface area contributed by atoms with Gasteiger partial charge in [0.25, 0.3) is 0 Å². The zero-order valence-corrected chi connectivity index (χ0v) is 16.5. The molecule has 0 spiro atoms. The second kappa shape index (κ2) is 7.73. The van der Waals surface area contributed by atoms with Crippen molar-refractivity contribution >= 4 is 34.4 Å². The van der Waals surface area contributed by atoms with Crippen LogP contribution < -0.4 is 10.2 Å². The van der Waals surface area contributed by atoms with Gasteiger partial charge in [0.15, 0.2) is 11.5 Å². The monoisotopic (exact) mass is 405 g/mol. The lowest BCUT2D eigenvalue weighted by Crippen LogP contribution is -2.36. The fraction of sp³-hybridized carbons (Fsp3) is 0.182. The van der Waals surface area contributed by atoms with Gasteiger partial charge in [-0.2, -0.15) is 0 Å². The van der Waals surface area contributed by atoms with E-state index in [9.17, 15) is 0 Å². The number of nitrogens with one attached hydrogen (secondary N) is 1. The van der Waals surface area contributed by atoms with Gasteiger partial charge in [0.1, 0.15) is 0 Å². The van der Waals surface area contributed by atoms with Crippen LogP contribution in [0.15, 0.2) is 67.1 Å². The Bertz CT molecular complexity index is 1140. The van der Waals surface area contributed by atoms with Crippen LogP contribution in [0.3, 0.4) is 0 Å². The first-order chi connectivity index (χ1) is 14.3. The highest BCUT2D eigenvalue weighted by atomic mass is 35.5. The SMILES string of the molecule is Clc1cccc(-c2cnc(Nc3ccc(N4CCOCC4)cc3)c3nccn23)c1. The number of halogens is 1. The van der Waals surface area contributed by atoms with Gasteiger partial charge in [-0.1, -0.05) is 23.7 Å². The molecule has 1 saturated heterocycles. The van der Waals surface area contributed by atoms with Crippen molar-refractivity contribution in [3.8, 4) is 11.3 Å². The van der Waals surface area contributed by atoms with Gasteiger partial charge in [-0.15, -0.1) is 0 Å². The summed E-state index contributed by atoms with van der Waals surface area (Å²) in [4.78, 5) is 11.5. The summed E-state index contributed by atoms with van der Waals surface area (Å²) in [6.45, 7) is 3.41. The topological polar surface area (TPSA) is 54.7 Å². The average Bonchev–Trinajstić information content (AvgIpc) is 3.26. The van der Waals surface area contributed by atoms with Crippen LogP contribution in [0.2, 0.25) is 5.02 Å². The standard InChI is InChI=1S/C22H20ClN5O/c23-17-3-1-2-16(14-17)20-15-25-21(22-24-8-9-28(20)22)26-18-4-6-19(7-5-18)27-10-12-29-13-11-27/h1-9,14-15H,10-13H2,(H,25,26). The fourth-order valence-electron chi connectivity index (χ4n) is 3.58. The second-order valence-electron chi connectivity index (χ2n) is 6.89. The minimum atomic E-state index is 0.693. The maximum atomic E-state index is 6.16. The molecule has 6 nitrogen and oxygen atoms in total. The Morgan fingerprint density at radius 1 is 1.00 bits per heavy atom. The number of imidazole rings is 1. The molecule has 0 bridgehead atoms. The molecule has 7 heteroatoms. The Labute approximate surface area is 173 Å². The summed E-state index contributed by atoms with van der Waals surface area (Å²) in [5.41, 5.74) is 4.87. The van der Waals surface area contributed by atoms with Crippen molar-refractivity contribution in [2.75, 3.05) is 36.5 Å². The molecule has 0 atom stereocenters. The molecule has 0 aliphatic carbocycles. The molecule has 1 aliphatic heterocycles. The Kier molecular flexibility index (Phi) is 4.79. The van der Waals surface area contributed by atoms with E-state index in [-0.39, 0.29) is 0 Å². The summed E-state index contributed by atoms with van der Waals surface area (Å²) in [7, 11) is 0. The first-order valence-electron chi connectivity index (χ1n) is 9.56. The molecule has 2 aromatic heterocycles. The van der Waals surface area contributed by atoms with Gasteiger partial charge >= 0.3 is 0 Å². The van der Waals surface area contributed by atoms with Crippen molar-refractivity contribution < 1.29 is 4.74 Å². The number of fused-ring (bicyclic) bond motifs is 1. The number of rotatable bonds is 4. The highest BCUT2D eigenvalue weighted by molar-refractivity contribution is 6.30. The van der Waals surface area contributed by atoms with Crippen LogP contribution in [0, 0.1) is 0 Å². The van der Waals surface area contributed by atoms with Crippen molar-refractivity contribution in [1.82, 2.24) is 14.4 Å². The first-order valence-corrected chi connectivity index (χ1v) is 9.93. The minimum absolute atomic E-state index is 0.693. The summed E-state index contributed by atoms with van der Waals surface area (Å²) >= 11 is 6.16. The lowest BCUT2D eigenvalue weighted by Gasteiger charge is -2.28. The molecule has 2 aromatic carbocycles. The third-order valence-electron chi connectivity index (χ3n) is 5.05. The molecule has 4 aromatic rings. The molecule has 0 saturated carbocycles. The highest BCUT2D eigenvalue weighted by Crippen LogP contribution is 2.27. The number of aromatic nitrogens is 3. The molecule has 1 N–H and O–H groups in total. The van der Waals surface area contributed by atoms with Gasteiger partial charge in [-0.05, 0) is 36.4 Å². The number of nitrogens with zero attached hydrogens (tertiary/aromatic N) is 4. The molecule has 0 amide bonds. The van der Waals surface area contributed by atoms with E-state index >= 15 is 0 Å². The zero-order chi connectivity index (χ0) is 19.6. The van der Waals surface area contributed by atoms with Crippen LogP contribution in [-0.4, -0.2) is 40.7 Å². The second-order valence-corrected chi connectivity index (χ2v) is 7.33. The third-order valence-corrected chi connectivity index (χ3v) is 5.29. The highest BCUT2D eigenvalue weighted by Gasteiger charge is 2.13. The number of hydrogen-bond acceptors (Lipinski definition) is 5. The maximum Gasteiger partial charge on any atom is 0.180 e. The van der Waals surface area contributed by atoms with Gasteiger partial charge in [0, 0.05) is 47.4 Å². The van der Waals surface area contributed by atoms with E-state index in [0.29, 0.717) is 10.8 Å². The molecule has 1 fully saturated rings. The normalized spacial score (nSPS) is 14.3. The quantitative estimate of drug-likeness (QED) is 0.536. The van der Waals surface area contributed by atoms with E-state index < -0.39 is 0 Å². The van der Waals surface area contributed by atoms with E-state index in [2.05, 4.69) is 44.5 Å². The average molecular weight is 406 g/mol. The number of morpholine rings is 1. The van der Waals surface area contributed by atoms with E-state index in [1.807, 2.05) is 41.1 Å². The van der Waals surface area contributed by atoms with E-state index in [0.717, 1.165) is 48.9 Å². The van der Waals surface area contributed by atoms with Crippen LogP contribution in [0.1, 0.15) is 0 Å². The maximum absolute atomic E-state index is 6.16. The van der Waals surface area contributed by atoms with E-state index in [4.69, 9.17) is 16.3 Å². The van der Waals surface area contributed by atoms with Crippen molar-refractivity contribution in [1.29, 1.82) is 0 Å². The Hall–Kier alpha value is -3.09. The first kappa shape index (κ1) is 18.0. The number of anilines is 3. The summed E-state index contributed by atoms with van der Waals surface area (Å²) in [5, 5.41) is 4.08. The summed E-state index contributed by atoms with van der Waals surface area (Å²) in [6, 6.07) is 16.1. The lowest BCUT2D eigenvalue weighted by atomic mass is 10.1. The smallest absolute Gasteiger partial charge is 0.180 e. The Morgan fingerprint density at radius 3 is 2.62 bits per heavy atom. The Balaban J connectivity index is 1.43. The molecule has 0 unspecified atom stereocenters. The van der Waals surface area contributed by atoms with Crippen LogP contribution >= 0.6 is 11.6 Å². The van der Waals surface area contributed by atoms with Crippen molar-refractivity contribution in [2.24, 2.45) is 0 Å². The van der Waals surface area contributed by atoms with Crippen LogP contribution in [-0.2, 0) is 4.74 Å². The number of ether oxygens (including phenoxy) is 1.